The average Bonchev–Trinajstić information content (AvgIpc) is 2.55. The van der Waals surface area contributed by atoms with Crippen molar-refractivity contribution in [2.24, 2.45) is 0 Å². The molecule has 4 nitrogen and oxygen atoms in total. The Labute approximate surface area is 123 Å². The topological polar surface area (TPSA) is 44.8 Å². The lowest BCUT2D eigenvalue weighted by Crippen LogP contribution is -2.15. The van der Waals surface area contributed by atoms with E-state index < -0.39 is 0 Å². The minimum Gasteiger partial charge on any atom is -0.494 e. The van der Waals surface area contributed by atoms with E-state index in [0.717, 1.165) is 5.75 Å². The van der Waals surface area contributed by atoms with E-state index in [9.17, 15) is 4.79 Å². The Morgan fingerprint density at radius 3 is 2.38 bits per heavy atom. The maximum Gasteiger partial charge on any atom is 0.193 e. The van der Waals surface area contributed by atoms with Gasteiger partial charge in [0.15, 0.2) is 17.3 Å². The zero-order valence-corrected chi connectivity index (χ0v) is 11.8. The van der Waals surface area contributed by atoms with E-state index in [2.05, 4.69) is 0 Å². The van der Waals surface area contributed by atoms with Crippen molar-refractivity contribution in [2.75, 3.05) is 19.8 Å². The average molecular weight is 284 g/mol. The zero-order valence-electron chi connectivity index (χ0n) is 11.8. The summed E-state index contributed by atoms with van der Waals surface area (Å²) in [4.78, 5) is 12.5. The van der Waals surface area contributed by atoms with E-state index in [1.165, 1.54) is 0 Å². The van der Waals surface area contributed by atoms with Gasteiger partial charge in [0, 0.05) is 11.1 Å². The zero-order chi connectivity index (χ0) is 14.7. The second kappa shape index (κ2) is 5.87. The number of carbonyl (C=O) groups is 1. The third-order valence-electron chi connectivity index (χ3n) is 3.23. The molecular formula is C17H16O4. The first kappa shape index (κ1) is 13.5. The van der Waals surface area contributed by atoms with Crippen LogP contribution in [0, 0.1) is 0 Å². The standard InChI is InChI=1S/C17H16O4/c1-2-19-14-6-3-12(4-7-14)17(18)13-5-8-15-16(11-13)21-10-9-20-15/h3-8,11H,2,9-10H2,1H3. The lowest BCUT2D eigenvalue weighted by atomic mass is 10.0. The lowest BCUT2D eigenvalue weighted by molar-refractivity contribution is 0.103. The Bertz CT molecular complexity index is 646. The Balaban J connectivity index is 1.84. The summed E-state index contributed by atoms with van der Waals surface area (Å²) in [5.41, 5.74) is 1.21. The summed E-state index contributed by atoms with van der Waals surface area (Å²) in [6.45, 7) is 3.58. The van der Waals surface area contributed by atoms with Gasteiger partial charge in [0.05, 0.1) is 6.61 Å². The molecule has 0 fully saturated rings. The molecule has 0 aromatic heterocycles. The summed E-state index contributed by atoms with van der Waals surface area (Å²) in [5.74, 6) is 2.02. The quantitative estimate of drug-likeness (QED) is 0.809. The van der Waals surface area contributed by atoms with Crippen LogP contribution in [0.15, 0.2) is 42.5 Å². The minimum absolute atomic E-state index is 0.0463. The maximum absolute atomic E-state index is 12.5. The lowest BCUT2D eigenvalue weighted by Gasteiger charge is -2.18. The first-order valence-corrected chi connectivity index (χ1v) is 6.95. The fourth-order valence-corrected chi connectivity index (χ4v) is 2.22. The van der Waals surface area contributed by atoms with Crippen molar-refractivity contribution in [1.29, 1.82) is 0 Å². The number of hydrogen-bond acceptors (Lipinski definition) is 4. The summed E-state index contributed by atoms with van der Waals surface area (Å²) >= 11 is 0. The van der Waals surface area contributed by atoms with Crippen LogP contribution in [0.25, 0.3) is 0 Å². The van der Waals surface area contributed by atoms with Gasteiger partial charge in [0.2, 0.25) is 0 Å². The van der Waals surface area contributed by atoms with Crippen LogP contribution in [0.1, 0.15) is 22.8 Å². The molecule has 0 saturated carbocycles. The Morgan fingerprint density at radius 1 is 1.00 bits per heavy atom. The monoisotopic (exact) mass is 284 g/mol. The van der Waals surface area contributed by atoms with Crippen molar-refractivity contribution in [3.05, 3.63) is 53.6 Å². The van der Waals surface area contributed by atoms with E-state index in [4.69, 9.17) is 14.2 Å². The largest absolute Gasteiger partial charge is 0.494 e. The van der Waals surface area contributed by atoms with E-state index in [-0.39, 0.29) is 5.78 Å². The predicted octanol–water partition coefficient (Wildman–Crippen LogP) is 3.09. The van der Waals surface area contributed by atoms with Gasteiger partial charge in [-0.25, -0.2) is 0 Å². The van der Waals surface area contributed by atoms with Gasteiger partial charge in [-0.15, -0.1) is 0 Å². The molecule has 0 radical (unpaired) electrons. The molecule has 2 aromatic carbocycles. The molecule has 4 heteroatoms. The summed E-state index contributed by atoms with van der Waals surface area (Å²) in [5, 5.41) is 0. The molecule has 21 heavy (non-hydrogen) atoms. The smallest absolute Gasteiger partial charge is 0.193 e. The molecule has 1 aliphatic heterocycles. The number of ether oxygens (including phenoxy) is 3. The first-order valence-electron chi connectivity index (χ1n) is 6.95. The molecule has 0 amide bonds. The molecule has 0 spiro atoms. The highest BCUT2D eigenvalue weighted by Crippen LogP contribution is 2.31. The van der Waals surface area contributed by atoms with Crippen LogP contribution >= 0.6 is 0 Å². The summed E-state index contributed by atoms with van der Waals surface area (Å²) in [6.07, 6.45) is 0. The maximum atomic E-state index is 12.5. The Kier molecular flexibility index (Phi) is 3.77. The molecule has 0 atom stereocenters. The first-order chi connectivity index (χ1) is 10.3. The third-order valence-corrected chi connectivity index (χ3v) is 3.23. The van der Waals surface area contributed by atoms with E-state index >= 15 is 0 Å². The van der Waals surface area contributed by atoms with Gasteiger partial charge in [-0.1, -0.05) is 0 Å². The molecule has 1 heterocycles. The van der Waals surface area contributed by atoms with Gasteiger partial charge in [-0.3, -0.25) is 4.79 Å². The molecule has 0 saturated heterocycles. The van der Waals surface area contributed by atoms with Crippen molar-refractivity contribution in [3.63, 3.8) is 0 Å². The van der Waals surface area contributed by atoms with E-state index in [0.29, 0.717) is 42.4 Å². The predicted molar refractivity (Wildman–Crippen MR) is 78.5 cm³/mol. The fourth-order valence-electron chi connectivity index (χ4n) is 2.22. The van der Waals surface area contributed by atoms with Crippen LogP contribution in [-0.4, -0.2) is 25.6 Å². The Hall–Kier alpha value is -2.49. The van der Waals surface area contributed by atoms with Crippen LogP contribution in [0.3, 0.4) is 0 Å². The molecular weight excluding hydrogens is 268 g/mol. The van der Waals surface area contributed by atoms with Crippen molar-refractivity contribution in [3.8, 4) is 17.2 Å². The van der Waals surface area contributed by atoms with E-state index in [1.54, 1.807) is 42.5 Å². The van der Waals surface area contributed by atoms with Crippen molar-refractivity contribution < 1.29 is 19.0 Å². The van der Waals surface area contributed by atoms with Gasteiger partial charge in [-0.05, 0) is 49.4 Å². The molecule has 0 bridgehead atoms. The van der Waals surface area contributed by atoms with Crippen molar-refractivity contribution in [1.82, 2.24) is 0 Å². The normalized spacial score (nSPS) is 12.8. The van der Waals surface area contributed by atoms with Crippen molar-refractivity contribution in [2.45, 2.75) is 6.92 Å². The molecule has 3 rings (SSSR count). The third kappa shape index (κ3) is 2.84. The number of carbonyl (C=O) groups excluding carboxylic acids is 1. The van der Waals surface area contributed by atoms with Crippen LogP contribution < -0.4 is 14.2 Å². The molecule has 0 N–H and O–H groups in total. The fraction of sp³-hybridized carbons (Fsp3) is 0.235. The van der Waals surface area contributed by atoms with Gasteiger partial charge in [-0.2, -0.15) is 0 Å². The van der Waals surface area contributed by atoms with Gasteiger partial charge >= 0.3 is 0 Å². The summed E-state index contributed by atoms with van der Waals surface area (Å²) in [7, 11) is 0. The number of hydrogen-bond donors (Lipinski definition) is 0. The molecule has 0 aliphatic carbocycles. The summed E-state index contributed by atoms with van der Waals surface area (Å²) < 4.78 is 16.3. The second-order valence-corrected chi connectivity index (χ2v) is 4.64. The van der Waals surface area contributed by atoms with Crippen LogP contribution in [0.5, 0.6) is 17.2 Å². The van der Waals surface area contributed by atoms with Gasteiger partial charge in [0.1, 0.15) is 19.0 Å². The van der Waals surface area contributed by atoms with E-state index in [1.807, 2.05) is 6.92 Å². The number of benzene rings is 2. The van der Waals surface area contributed by atoms with Crippen molar-refractivity contribution >= 4 is 5.78 Å². The highest BCUT2D eigenvalue weighted by molar-refractivity contribution is 6.09. The minimum atomic E-state index is -0.0463. The number of ketones is 1. The van der Waals surface area contributed by atoms with Gasteiger partial charge < -0.3 is 14.2 Å². The number of rotatable bonds is 4. The molecule has 0 unspecified atom stereocenters. The summed E-state index contributed by atoms with van der Waals surface area (Å²) in [6, 6.07) is 12.4. The Morgan fingerprint density at radius 2 is 1.67 bits per heavy atom. The van der Waals surface area contributed by atoms with Crippen LogP contribution in [0.4, 0.5) is 0 Å². The SMILES string of the molecule is CCOc1ccc(C(=O)c2ccc3c(c2)OCCO3)cc1. The number of fused-ring (bicyclic) bond motifs is 1. The highest BCUT2D eigenvalue weighted by atomic mass is 16.6. The van der Waals surface area contributed by atoms with Gasteiger partial charge in [0.25, 0.3) is 0 Å². The van der Waals surface area contributed by atoms with Crippen LogP contribution in [-0.2, 0) is 0 Å². The highest BCUT2D eigenvalue weighted by Gasteiger charge is 2.16. The molecule has 2 aromatic rings. The van der Waals surface area contributed by atoms with Crippen LogP contribution in [0.2, 0.25) is 0 Å². The molecule has 1 aliphatic rings. The molecule has 108 valence electrons. The second-order valence-electron chi connectivity index (χ2n) is 4.64.